The SMILES string of the molecule is O=C(Cc1cccnc1)N1CCC2(CC1)CCN(C(=O)COc1ccccc1)C2.O=C(O)C(F)(F)F. The van der Waals surface area contributed by atoms with Gasteiger partial charge in [0.15, 0.2) is 6.61 Å². The number of likely N-dealkylation sites (tertiary alicyclic amines) is 2. The van der Waals surface area contributed by atoms with E-state index in [0.29, 0.717) is 6.42 Å². The van der Waals surface area contributed by atoms with Crippen LogP contribution in [0.15, 0.2) is 54.9 Å². The van der Waals surface area contributed by atoms with E-state index in [1.54, 1.807) is 12.4 Å². The Morgan fingerprint density at radius 3 is 2.11 bits per heavy atom. The van der Waals surface area contributed by atoms with Gasteiger partial charge in [0.2, 0.25) is 5.91 Å². The molecular weight excluding hydrogens is 479 g/mol. The summed E-state index contributed by atoms with van der Waals surface area (Å²) in [5.74, 6) is -1.83. The minimum atomic E-state index is -5.08. The Kier molecular flexibility index (Phi) is 8.89. The number of hydrogen-bond donors (Lipinski definition) is 1. The van der Waals surface area contributed by atoms with Crippen LogP contribution >= 0.6 is 0 Å². The first kappa shape index (κ1) is 27.0. The molecule has 0 atom stereocenters. The highest BCUT2D eigenvalue weighted by Crippen LogP contribution is 2.40. The first-order chi connectivity index (χ1) is 17.1. The molecule has 2 saturated heterocycles. The Hall–Kier alpha value is -3.63. The summed E-state index contributed by atoms with van der Waals surface area (Å²) in [7, 11) is 0. The van der Waals surface area contributed by atoms with E-state index in [1.165, 1.54) is 0 Å². The number of ether oxygens (including phenoxy) is 1. The van der Waals surface area contributed by atoms with Crippen molar-refractivity contribution in [3.8, 4) is 5.75 Å². The Morgan fingerprint density at radius 2 is 1.56 bits per heavy atom. The van der Waals surface area contributed by atoms with E-state index in [9.17, 15) is 22.8 Å². The van der Waals surface area contributed by atoms with E-state index in [0.717, 1.165) is 56.8 Å². The minimum Gasteiger partial charge on any atom is -0.484 e. The van der Waals surface area contributed by atoms with Crippen molar-refractivity contribution in [1.82, 2.24) is 14.8 Å². The number of para-hydroxylation sites is 1. The highest BCUT2D eigenvalue weighted by molar-refractivity contribution is 5.79. The van der Waals surface area contributed by atoms with E-state index in [2.05, 4.69) is 4.98 Å². The molecule has 2 aliphatic heterocycles. The van der Waals surface area contributed by atoms with Gasteiger partial charge in [0, 0.05) is 38.6 Å². The van der Waals surface area contributed by atoms with Crippen LogP contribution in [0.3, 0.4) is 0 Å². The summed E-state index contributed by atoms with van der Waals surface area (Å²) in [5, 5.41) is 7.12. The summed E-state index contributed by atoms with van der Waals surface area (Å²) in [6, 6.07) is 13.2. The van der Waals surface area contributed by atoms with Crippen molar-refractivity contribution in [3.05, 3.63) is 60.4 Å². The molecule has 36 heavy (non-hydrogen) atoms. The van der Waals surface area contributed by atoms with Gasteiger partial charge in [-0.15, -0.1) is 0 Å². The quantitative estimate of drug-likeness (QED) is 0.668. The van der Waals surface area contributed by atoms with E-state index in [-0.39, 0.29) is 23.8 Å². The number of amides is 2. The largest absolute Gasteiger partial charge is 0.490 e. The van der Waals surface area contributed by atoms with Gasteiger partial charge < -0.3 is 19.6 Å². The first-order valence-corrected chi connectivity index (χ1v) is 11.5. The Bertz CT molecular complexity index is 1030. The van der Waals surface area contributed by atoms with Gasteiger partial charge in [0.05, 0.1) is 6.42 Å². The minimum absolute atomic E-state index is 0.0424. The summed E-state index contributed by atoms with van der Waals surface area (Å²) in [6.07, 6.45) is 1.71. The van der Waals surface area contributed by atoms with Gasteiger partial charge in [-0.3, -0.25) is 14.6 Å². The third-order valence-electron chi connectivity index (χ3n) is 6.39. The predicted octanol–water partition coefficient (Wildman–Crippen LogP) is 3.18. The molecule has 4 rings (SSSR count). The number of pyridine rings is 1. The van der Waals surface area contributed by atoms with Gasteiger partial charge in [-0.05, 0) is 48.4 Å². The Balaban J connectivity index is 0.000000454. The molecule has 1 aromatic heterocycles. The second-order valence-electron chi connectivity index (χ2n) is 8.89. The number of aromatic nitrogens is 1. The molecule has 1 spiro atoms. The first-order valence-electron chi connectivity index (χ1n) is 11.5. The van der Waals surface area contributed by atoms with Crippen molar-refractivity contribution in [1.29, 1.82) is 0 Å². The van der Waals surface area contributed by atoms with Gasteiger partial charge in [-0.1, -0.05) is 24.3 Å². The molecule has 0 radical (unpaired) electrons. The van der Waals surface area contributed by atoms with Crippen molar-refractivity contribution in [3.63, 3.8) is 0 Å². The van der Waals surface area contributed by atoms with Crippen LogP contribution in [-0.2, 0) is 20.8 Å². The predicted molar refractivity (Wildman–Crippen MR) is 123 cm³/mol. The Morgan fingerprint density at radius 1 is 0.944 bits per heavy atom. The van der Waals surface area contributed by atoms with Crippen LogP contribution in [0, 0.1) is 5.41 Å². The lowest BCUT2D eigenvalue weighted by Gasteiger charge is -2.39. The van der Waals surface area contributed by atoms with Crippen molar-refractivity contribution < 1.29 is 37.4 Å². The van der Waals surface area contributed by atoms with Crippen LogP contribution in [0.5, 0.6) is 5.75 Å². The molecule has 2 fully saturated rings. The maximum atomic E-state index is 12.6. The third kappa shape index (κ3) is 7.69. The van der Waals surface area contributed by atoms with Gasteiger partial charge in [-0.25, -0.2) is 4.79 Å². The maximum absolute atomic E-state index is 12.6. The van der Waals surface area contributed by atoms with Gasteiger partial charge in [0.1, 0.15) is 5.75 Å². The zero-order valence-corrected chi connectivity index (χ0v) is 19.6. The Labute approximate surface area is 206 Å². The number of carbonyl (C=O) groups excluding carboxylic acids is 2. The van der Waals surface area contributed by atoms with E-state index >= 15 is 0 Å². The number of halogens is 3. The fourth-order valence-corrected chi connectivity index (χ4v) is 4.33. The third-order valence-corrected chi connectivity index (χ3v) is 6.39. The normalized spacial score (nSPS) is 16.8. The van der Waals surface area contributed by atoms with Crippen molar-refractivity contribution in [2.75, 3.05) is 32.8 Å². The zero-order valence-electron chi connectivity index (χ0n) is 19.6. The second kappa shape index (κ2) is 11.9. The summed E-state index contributed by atoms with van der Waals surface area (Å²) in [4.78, 5) is 42.0. The number of hydrogen-bond acceptors (Lipinski definition) is 5. The lowest BCUT2D eigenvalue weighted by atomic mass is 9.77. The van der Waals surface area contributed by atoms with E-state index < -0.39 is 12.1 Å². The van der Waals surface area contributed by atoms with Gasteiger partial charge in [0.25, 0.3) is 5.91 Å². The van der Waals surface area contributed by atoms with Gasteiger partial charge >= 0.3 is 12.1 Å². The fraction of sp³-hybridized carbons (Fsp3) is 0.440. The molecule has 0 saturated carbocycles. The summed E-state index contributed by atoms with van der Waals surface area (Å²) >= 11 is 0. The molecular formula is C25H28F3N3O5. The number of carboxylic acids is 1. The number of nitrogens with zero attached hydrogens (tertiary/aromatic N) is 3. The number of benzene rings is 1. The summed E-state index contributed by atoms with van der Waals surface area (Å²) < 4.78 is 37.3. The van der Waals surface area contributed by atoms with Crippen LogP contribution in [-0.4, -0.2) is 76.6 Å². The molecule has 11 heteroatoms. The molecule has 3 heterocycles. The maximum Gasteiger partial charge on any atom is 0.490 e. The standard InChI is InChI=1S/C23H27N3O3.C2HF3O2/c27-21(15-19-5-4-11-24-16-19)25-12-8-23(9-13-25)10-14-26(18-23)22(28)17-29-20-6-2-1-3-7-20;3-2(4,5)1(6)7/h1-7,11,16H,8-10,12-15,17-18H2;(H,6,7). The van der Waals surface area contributed by atoms with Crippen LogP contribution in [0.25, 0.3) is 0 Å². The van der Waals surface area contributed by atoms with Crippen molar-refractivity contribution >= 4 is 17.8 Å². The average Bonchev–Trinajstić information content (AvgIpc) is 3.27. The molecule has 1 N–H and O–H groups in total. The topological polar surface area (TPSA) is 100 Å². The number of aliphatic carboxylic acids is 1. The smallest absolute Gasteiger partial charge is 0.484 e. The number of rotatable bonds is 5. The molecule has 1 aromatic carbocycles. The molecule has 0 unspecified atom stereocenters. The average molecular weight is 508 g/mol. The summed E-state index contributed by atoms with van der Waals surface area (Å²) in [5.41, 5.74) is 1.10. The van der Waals surface area contributed by atoms with E-state index in [1.807, 2.05) is 52.3 Å². The fourth-order valence-electron chi connectivity index (χ4n) is 4.33. The van der Waals surface area contributed by atoms with Crippen molar-refractivity contribution in [2.24, 2.45) is 5.41 Å². The van der Waals surface area contributed by atoms with Gasteiger partial charge in [-0.2, -0.15) is 13.2 Å². The van der Waals surface area contributed by atoms with Crippen LogP contribution < -0.4 is 4.74 Å². The molecule has 2 aromatic rings. The molecule has 194 valence electrons. The zero-order chi connectivity index (χ0) is 26.2. The highest BCUT2D eigenvalue weighted by Gasteiger charge is 2.42. The lowest BCUT2D eigenvalue weighted by Crippen LogP contribution is -2.45. The number of carboxylic acid groups (broad SMARTS) is 1. The highest BCUT2D eigenvalue weighted by atomic mass is 19.4. The second-order valence-corrected chi connectivity index (χ2v) is 8.89. The number of piperidine rings is 1. The van der Waals surface area contributed by atoms with Crippen LogP contribution in [0.1, 0.15) is 24.8 Å². The monoisotopic (exact) mass is 507 g/mol. The number of alkyl halides is 3. The van der Waals surface area contributed by atoms with E-state index in [4.69, 9.17) is 14.6 Å². The van der Waals surface area contributed by atoms with Crippen LogP contribution in [0.2, 0.25) is 0 Å². The molecule has 8 nitrogen and oxygen atoms in total. The number of carbonyl (C=O) groups is 3. The molecule has 2 aliphatic rings. The van der Waals surface area contributed by atoms with Crippen molar-refractivity contribution in [2.45, 2.75) is 31.9 Å². The molecule has 0 bridgehead atoms. The molecule has 0 aliphatic carbocycles. The lowest BCUT2D eigenvalue weighted by molar-refractivity contribution is -0.192. The molecule has 2 amide bonds. The van der Waals surface area contributed by atoms with Crippen LogP contribution in [0.4, 0.5) is 13.2 Å². The summed E-state index contributed by atoms with van der Waals surface area (Å²) in [6.45, 7) is 3.16.